The molecule has 5 rings (SSSR count). The van der Waals surface area contributed by atoms with Crippen molar-refractivity contribution in [2.75, 3.05) is 6.26 Å². The molecule has 1 aliphatic rings. The Morgan fingerprint density at radius 2 is 2.27 bits per heavy atom. The molecule has 4 aromatic heterocycles. The summed E-state index contributed by atoms with van der Waals surface area (Å²) in [6.45, 7) is 2.33. The van der Waals surface area contributed by atoms with Crippen LogP contribution in [0.1, 0.15) is 23.8 Å². The average molecular weight is 330 g/mol. The molecule has 1 atom stereocenters. The highest BCUT2D eigenvalue weighted by Gasteiger charge is 2.26. The van der Waals surface area contributed by atoms with E-state index in [0.717, 1.165) is 35.3 Å². The van der Waals surface area contributed by atoms with Crippen LogP contribution >= 0.6 is 23.1 Å². The van der Waals surface area contributed by atoms with Crippen LogP contribution in [-0.4, -0.2) is 35.5 Å². The molecule has 0 aliphatic heterocycles. The summed E-state index contributed by atoms with van der Waals surface area (Å²) < 4.78 is 3.95. The maximum Gasteiger partial charge on any atom is 0.260 e. The quantitative estimate of drug-likeness (QED) is 0.502. The smallest absolute Gasteiger partial charge is 0.244 e. The second-order valence-corrected chi connectivity index (χ2v) is 7.71. The normalized spacial score (nSPS) is 18.5. The van der Waals surface area contributed by atoms with E-state index < -0.39 is 0 Å². The zero-order valence-electron chi connectivity index (χ0n) is 12.3. The number of hydrogen-bond acceptors (Lipinski definition) is 6. The van der Waals surface area contributed by atoms with E-state index in [1.165, 1.54) is 27.1 Å². The van der Waals surface area contributed by atoms with E-state index in [4.69, 9.17) is 0 Å². The van der Waals surface area contributed by atoms with Gasteiger partial charge in [-0.3, -0.25) is 0 Å². The number of thioether (sulfide) groups is 1. The van der Waals surface area contributed by atoms with Gasteiger partial charge in [-0.1, -0.05) is 18.7 Å². The Hall–Kier alpha value is -1.67. The number of hydrogen-bond donors (Lipinski definition) is 0. The number of aromatic nitrogens is 6. The van der Waals surface area contributed by atoms with Crippen molar-refractivity contribution in [1.82, 2.24) is 29.2 Å². The van der Waals surface area contributed by atoms with Crippen molar-refractivity contribution in [3.05, 3.63) is 16.8 Å². The molecule has 0 amide bonds. The summed E-state index contributed by atoms with van der Waals surface area (Å²) in [7, 11) is 0. The number of fused-ring (bicyclic) bond motifs is 8. The van der Waals surface area contributed by atoms with Crippen molar-refractivity contribution in [3.63, 3.8) is 0 Å². The van der Waals surface area contributed by atoms with Crippen LogP contribution in [0.25, 0.3) is 21.6 Å². The van der Waals surface area contributed by atoms with Crippen molar-refractivity contribution >= 4 is 44.7 Å². The minimum absolute atomic E-state index is 0.746. The van der Waals surface area contributed by atoms with Gasteiger partial charge in [0, 0.05) is 4.88 Å². The van der Waals surface area contributed by atoms with Gasteiger partial charge in [-0.15, -0.1) is 21.5 Å². The van der Waals surface area contributed by atoms with Crippen molar-refractivity contribution in [1.29, 1.82) is 0 Å². The first-order valence-electron chi connectivity index (χ1n) is 7.33. The van der Waals surface area contributed by atoms with Gasteiger partial charge in [0.2, 0.25) is 0 Å². The Kier molecular flexibility index (Phi) is 2.58. The first-order chi connectivity index (χ1) is 10.8. The van der Waals surface area contributed by atoms with E-state index in [2.05, 4.69) is 31.6 Å². The van der Waals surface area contributed by atoms with Gasteiger partial charge >= 0.3 is 0 Å². The van der Waals surface area contributed by atoms with Crippen LogP contribution in [0.4, 0.5) is 0 Å². The lowest BCUT2D eigenvalue weighted by molar-refractivity contribution is 0.509. The summed E-state index contributed by atoms with van der Waals surface area (Å²) in [5.74, 6) is 1.50. The van der Waals surface area contributed by atoms with Crippen LogP contribution in [0.2, 0.25) is 0 Å². The fourth-order valence-electron chi connectivity index (χ4n) is 3.39. The summed E-state index contributed by atoms with van der Waals surface area (Å²) in [5, 5.41) is 15.1. The molecular weight excluding hydrogens is 316 g/mol. The van der Waals surface area contributed by atoms with E-state index in [0.29, 0.717) is 0 Å². The largest absolute Gasteiger partial charge is 0.260 e. The maximum atomic E-state index is 4.50. The minimum Gasteiger partial charge on any atom is -0.244 e. The number of aryl methyl sites for hydroxylation is 1. The van der Waals surface area contributed by atoms with Crippen LogP contribution in [0.3, 0.4) is 0 Å². The average Bonchev–Trinajstić information content (AvgIpc) is 3.21. The van der Waals surface area contributed by atoms with Crippen molar-refractivity contribution in [2.45, 2.75) is 31.3 Å². The maximum absolute atomic E-state index is 4.50. The molecular formula is C14H14N6S2. The predicted molar refractivity (Wildman–Crippen MR) is 87.9 cm³/mol. The first-order valence-corrected chi connectivity index (χ1v) is 9.37. The summed E-state index contributed by atoms with van der Waals surface area (Å²) in [5.41, 5.74) is 2.37. The second-order valence-electron chi connectivity index (χ2n) is 5.85. The topological polar surface area (TPSA) is 60.4 Å². The molecule has 0 aromatic carbocycles. The van der Waals surface area contributed by atoms with Gasteiger partial charge in [0.05, 0.1) is 5.39 Å². The third-order valence-corrected chi connectivity index (χ3v) is 6.32. The second kappa shape index (κ2) is 4.42. The van der Waals surface area contributed by atoms with Gasteiger partial charge in [0.25, 0.3) is 5.78 Å². The Bertz CT molecular complexity index is 1030. The van der Waals surface area contributed by atoms with Gasteiger partial charge in [-0.25, -0.2) is 9.38 Å². The number of thiophene rings is 1. The van der Waals surface area contributed by atoms with Crippen LogP contribution < -0.4 is 0 Å². The monoisotopic (exact) mass is 330 g/mol. The SMILES string of the molecule is CSc1nnc2n3ncnc3c3c4c(sc3n12)CC(C)CC4. The molecule has 0 fully saturated rings. The van der Waals surface area contributed by atoms with Crippen LogP contribution in [0.5, 0.6) is 0 Å². The molecule has 112 valence electrons. The molecule has 1 aliphatic carbocycles. The highest BCUT2D eigenvalue weighted by Crippen LogP contribution is 2.40. The minimum atomic E-state index is 0.746. The lowest BCUT2D eigenvalue weighted by Gasteiger charge is -2.17. The van der Waals surface area contributed by atoms with Crippen LogP contribution in [0, 0.1) is 5.92 Å². The molecule has 4 heterocycles. The molecule has 0 spiro atoms. The molecule has 0 N–H and O–H groups in total. The lowest BCUT2D eigenvalue weighted by Crippen LogP contribution is -2.08. The molecule has 22 heavy (non-hydrogen) atoms. The van der Waals surface area contributed by atoms with Crippen LogP contribution in [-0.2, 0) is 12.8 Å². The Balaban J connectivity index is 2.04. The fourth-order valence-corrected chi connectivity index (χ4v) is 5.43. The summed E-state index contributed by atoms with van der Waals surface area (Å²) >= 11 is 3.49. The zero-order chi connectivity index (χ0) is 14.8. The Labute approximate surface area is 134 Å². The van der Waals surface area contributed by atoms with Gasteiger partial charge in [0.1, 0.15) is 11.2 Å². The zero-order valence-corrected chi connectivity index (χ0v) is 13.9. The highest BCUT2D eigenvalue weighted by atomic mass is 32.2. The Morgan fingerprint density at radius 3 is 3.14 bits per heavy atom. The van der Waals surface area contributed by atoms with Crippen molar-refractivity contribution in [2.24, 2.45) is 5.92 Å². The van der Waals surface area contributed by atoms with Gasteiger partial charge < -0.3 is 0 Å². The molecule has 0 saturated heterocycles. The van der Waals surface area contributed by atoms with E-state index in [1.54, 1.807) is 18.1 Å². The van der Waals surface area contributed by atoms with Crippen LogP contribution in [0.15, 0.2) is 11.5 Å². The summed E-state index contributed by atoms with van der Waals surface area (Å²) in [6, 6.07) is 0. The molecule has 0 bridgehead atoms. The fraction of sp³-hybridized carbons (Fsp3) is 0.429. The van der Waals surface area contributed by atoms with E-state index in [1.807, 2.05) is 22.1 Å². The van der Waals surface area contributed by atoms with E-state index in [9.17, 15) is 0 Å². The third-order valence-electron chi connectivity index (χ3n) is 4.46. The third kappa shape index (κ3) is 1.51. The molecule has 6 nitrogen and oxygen atoms in total. The molecule has 1 unspecified atom stereocenters. The number of rotatable bonds is 1. The van der Waals surface area contributed by atoms with Crippen molar-refractivity contribution in [3.8, 4) is 0 Å². The Morgan fingerprint density at radius 1 is 1.36 bits per heavy atom. The molecule has 4 aromatic rings. The summed E-state index contributed by atoms with van der Waals surface area (Å²) in [4.78, 5) is 7.21. The predicted octanol–water partition coefficient (Wildman–Crippen LogP) is 2.83. The molecule has 0 saturated carbocycles. The highest BCUT2D eigenvalue weighted by molar-refractivity contribution is 7.98. The number of nitrogens with zero attached hydrogens (tertiary/aromatic N) is 6. The van der Waals surface area contributed by atoms with E-state index >= 15 is 0 Å². The standard InChI is InChI=1S/C14H14N6S2/c1-7-3-4-8-9(5-7)22-12-10(8)11-15-6-16-20(11)13-17-18-14(21-2)19(12)13/h6-7H,3-5H2,1-2H3. The first kappa shape index (κ1) is 12.8. The van der Waals surface area contributed by atoms with Gasteiger partial charge in [-0.05, 0) is 37.0 Å². The van der Waals surface area contributed by atoms with Gasteiger partial charge in [0.15, 0.2) is 10.8 Å². The summed E-state index contributed by atoms with van der Waals surface area (Å²) in [6.07, 6.45) is 7.17. The van der Waals surface area contributed by atoms with E-state index in [-0.39, 0.29) is 0 Å². The lowest BCUT2D eigenvalue weighted by atomic mass is 9.89. The molecule has 0 radical (unpaired) electrons. The van der Waals surface area contributed by atoms with Gasteiger partial charge in [-0.2, -0.15) is 9.61 Å². The van der Waals surface area contributed by atoms with Crippen molar-refractivity contribution < 1.29 is 0 Å². The molecule has 8 heteroatoms.